The molecule has 5 nitrogen and oxygen atoms in total. The Balaban J connectivity index is 1.98. The molecule has 0 spiro atoms. The number of hydrogen-bond acceptors (Lipinski definition) is 3. The molecule has 0 aromatic heterocycles. The van der Waals surface area contributed by atoms with Gasteiger partial charge in [0, 0.05) is 19.6 Å². The normalized spacial score (nSPS) is 19.9. The van der Waals surface area contributed by atoms with Crippen molar-refractivity contribution in [3.63, 3.8) is 0 Å². The minimum atomic E-state index is -0.326. The molecule has 0 radical (unpaired) electrons. The van der Waals surface area contributed by atoms with E-state index in [4.69, 9.17) is 11.5 Å². The van der Waals surface area contributed by atoms with E-state index in [-0.39, 0.29) is 23.7 Å². The Kier molecular flexibility index (Phi) is 4.74. The van der Waals surface area contributed by atoms with Crippen LogP contribution in [0.5, 0.6) is 0 Å². The lowest BCUT2D eigenvalue weighted by Gasteiger charge is -2.22. The van der Waals surface area contributed by atoms with Crippen LogP contribution in [0.1, 0.15) is 12.0 Å². The molecule has 4 N–H and O–H groups in total. The van der Waals surface area contributed by atoms with Gasteiger partial charge in [0.2, 0.25) is 11.8 Å². The van der Waals surface area contributed by atoms with Crippen LogP contribution in [0.4, 0.5) is 0 Å². The molecule has 0 bridgehead atoms. The lowest BCUT2D eigenvalue weighted by atomic mass is 9.98. The smallest absolute Gasteiger partial charge is 0.227 e. The van der Waals surface area contributed by atoms with Crippen molar-refractivity contribution in [1.82, 2.24) is 4.90 Å². The van der Waals surface area contributed by atoms with Gasteiger partial charge in [0.1, 0.15) is 0 Å². The summed E-state index contributed by atoms with van der Waals surface area (Å²) >= 11 is 0. The zero-order chi connectivity index (χ0) is 14.5. The molecule has 2 rings (SSSR count). The maximum Gasteiger partial charge on any atom is 0.227 e. The largest absolute Gasteiger partial charge is 0.369 e. The van der Waals surface area contributed by atoms with Crippen LogP contribution >= 0.6 is 0 Å². The standard InChI is InChI=1S/C15H21N3O2/c16-9-13(8-11-4-2-1-3-5-11)15(20)18-7-6-12(10-18)14(17)19/h1-5,12-13H,6-10,16H2,(H2,17,19). The zero-order valence-corrected chi connectivity index (χ0v) is 11.5. The molecule has 2 atom stereocenters. The minimum Gasteiger partial charge on any atom is -0.369 e. The SMILES string of the molecule is NCC(Cc1ccccc1)C(=O)N1CCC(C(N)=O)C1. The van der Waals surface area contributed by atoms with Gasteiger partial charge in [-0.05, 0) is 18.4 Å². The second-order valence-electron chi connectivity index (χ2n) is 5.29. The van der Waals surface area contributed by atoms with E-state index >= 15 is 0 Å². The first kappa shape index (κ1) is 14.5. The molecule has 1 heterocycles. The molecule has 2 unspecified atom stereocenters. The lowest BCUT2D eigenvalue weighted by molar-refractivity contribution is -0.134. The predicted molar refractivity (Wildman–Crippen MR) is 76.6 cm³/mol. The summed E-state index contributed by atoms with van der Waals surface area (Å²) < 4.78 is 0. The van der Waals surface area contributed by atoms with Crippen LogP contribution in [0.15, 0.2) is 30.3 Å². The van der Waals surface area contributed by atoms with Gasteiger partial charge in [0.15, 0.2) is 0 Å². The highest BCUT2D eigenvalue weighted by molar-refractivity contribution is 5.82. The van der Waals surface area contributed by atoms with Crippen LogP contribution < -0.4 is 11.5 Å². The van der Waals surface area contributed by atoms with Crippen LogP contribution in [0.25, 0.3) is 0 Å². The van der Waals surface area contributed by atoms with Gasteiger partial charge in [-0.25, -0.2) is 0 Å². The molecule has 2 amide bonds. The molecule has 108 valence electrons. The first-order valence-corrected chi connectivity index (χ1v) is 6.94. The van der Waals surface area contributed by atoms with Gasteiger partial charge in [-0.2, -0.15) is 0 Å². The summed E-state index contributed by atoms with van der Waals surface area (Å²) in [6, 6.07) is 9.83. The summed E-state index contributed by atoms with van der Waals surface area (Å²) in [5, 5.41) is 0. The molecule has 1 aromatic carbocycles. The van der Waals surface area contributed by atoms with Crippen molar-refractivity contribution >= 4 is 11.8 Å². The zero-order valence-electron chi connectivity index (χ0n) is 11.5. The monoisotopic (exact) mass is 275 g/mol. The summed E-state index contributed by atoms with van der Waals surface area (Å²) in [5.74, 6) is -0.745. The quantitative estimate of drug-likeness (QED) is 0.801. The van der Waals surface area contributed by atoms with E-state index in [1.807, 2.05) is 30.3 Å². The van der Waals surface area contributed by atoms with E-state index in [1.54, 1.807) is 4.90 Å². The van der Waals surface area contributed by atoms with E-state index in [1.165, 1.54) is 0 Å². The highest BCUT2D eigenvalue weighted by Gasteiger charge is 2.32. The van der Waals surface area contributed by atoms with Crippen molar-refractivity contribution < 1.29 is 9.59 Å². The second kappa shape index (κ2) is 6.52. The van der Waals surface area contributed by atoms with Gasteiger partial charge in [-0.1, -0.05) is 30.3 Å². The third kappa shape index (κ3) is 3.36. The number of carbonyl (C=O) groups is 2. The van der Waals surface area contributed by atoms with Crippen molar-refractivity contribution in [2.24, 2.45) is 23.3 Å². The van der Waals surface area contributed by atoms with E-state index in [0.29, 0.717) is 32.5 Å². The molecule has 0 aliphatic carbocycles. The number of carbonyl (C=O) groups excluding carboxylic acids is 2. The number of primary amides is 1. The maximum absolute atomic E-state index is 12.4. The average Bonchev–Trinajstić information content (AvgIpc) is 2.95. The maximum atomic E-state index is 12.4. The molecule has 1 fully saturated rings. The Hall–Kier alpha value is -1.88. The molecule has 1 saturated heterocycles. The number of likely N-dealkylation sites (tertiary alicyclic amines) is 1. The van der Waals surface area contributed by atoms with Gasteiger partial charge in [-0.15, -0.1) is 0 Å². The lowest BCUT2D eigenvalue weighted by Crippen LogP contribution is -2.39. The summed E-state index contributed by atoms with van der Waals surface area (Å²) in [5.41, 5.74) is 12.1. The Morgan fingerprint density at radius 1 is 1.30 bits per heavy atom. The first-order valence-electron chi connectivity index (χ1n) is 6.94. The Bertz CT molecular complexity index is 475. The highest BCUT2D eigenvalue weighted by atomic mass is 16.2. The second-order valence-corrected chi connectivity index (χ2v) is 5.29. The number of hydrogen-bond donors (Lipinski definition) is 2. The van der Waals surface area contributed by atoms with Crippen LogP contribution in [0.3, 0.4) is 0 Å². The number of nitrogens with zero attached hydrogens (tertiary/aromatic N) is 1. The molecule has 20 heavy (non-hydrogen) atoms. The number of benzene rings is 1. The Morgan fingerprint density at radius 2 is 2.00 bits per heavy atom. The van der Waals surface area contributed by atoms with Crippen molar-refractivity contribution in [3.8, 4) is 0 Å². The molecule has 1 aliphatic heterocycles. The topological polar surface area (TPSA) is 89.4 Å². The van der Waals surface area contributed by atoms with Crippen molar-refractivity contribution in [2.75, 3.05) is 19.6 Å². The van der Waals surface area contributed by atoms with Gasteiger partial charge in [-0.3, -0.25) is 9.59 Å². The summed E-state index contributed by atoms with van der Waals surface area (Å²) in [4.78, 5) is 25.3. The Morgan fingerprint density at radius 3 is 2.55 bits per heavy atom. The van der Waals surface area contributed by atoms with E-state index in [0.717, 1.165) is 5.56 Å². The molecule has 5 heteroatoms. The van der Waals surface area contributed by atoms with Crippen LogP contribution in [0, 0.1) is 11.8 Å². The van der Waals surface area contributed by atoms with E-state index in [2.05, 4.69) is 0 Å². The summed E-state index contributed by atoms with van der Waals surface area (Å²) in [6.45, 7) is 1.34. The van der Waals surface area contributed by atoms with Crippen LogP contribution in [-0.2, 0) is 16.0 Å². The van der Waals surface area contributed by atoms with E-state index in [9.17, 15) is 9.59 Å². The van der Waals surface area contributed by atoms with Gasteiger partial charge in [0.25, 0.3) is 0 Å². The number of amides is 2. The van der Waals surface area contributed by atoms with Crippen LogP contribution in [-0.4, -0.2) is 36.3 Å². The van der Waals surface area contributed by atoms with Crippen molar-refractivity contribution in [1.29, 1.82) is 0 Å². The summed E-state index contributed by atoms with van der Waals surface area (Å²) in [6.07, 6.45) is 1.29. The van der Waals surface area contributed by atoms with Gasteiger partial charge in [0.05, 0.1) is 11.8 Å². The fourth-order valence-corrected chi connectivity index (χ4v) is 2.62. The fourth-order valence-electron chi connectivity index (χ4n) is 2.62. The minimum absolute atomic E-state index is 0.0279. The van der Waals surface area contributed by atoms with E-state index < -0.39 is 0 Å². The molecule has 0 saturated carbocycles. The van der Waals surface area contributed by atoms with Crippen molar-refractivity contribution in [2.45, 2.75) is 12.8 Å². The van der Waals surface area contributed by atoms with Crippen LogP contribution in [0.2, 0.25) is 0 Å². The molecular weight excluding hydrogens is 254 g/mol. The molecular formula is C15H21N3O2. The van der Waals surface area contributed by atoms with Gasteiger partial charge >= 0.3 is 0 Å². The molecule has 1 aromatic rings. The highest BCUT2D eigenvalue weighted by Crippen LogP contribution is 2.19. The predicted octanol–water partition coefficient (Wildman–Crippen LogP) is 0.138. The first-order chi connectivity index (χ1) is 9.61. The van der Waals surface area contributed by atoms with Gasteiger partial charge < -0.3 is 16.4 Å². The Labute approximate surface area is 118 Å². The summed E-state index contributed by atoms with van der Waals surface area (Å²) in [7, 11) is 0. The van der Waals surface area contributed by atoms with Crippen molar-refractivity contribution in [3.05, 3.63) is 35.9 Å². The number of rotatable bonds is 5. The third-order valence-electron chi connectivity index (χ3n) is 3.86. The average molecular weight is 275 g/mol. The molecule has 1 aliphatic rings. The number of nitrogens with two attached hydrogens (primary N) is 2. The third-order valence-corrected chi connectivity index (χ3v) is 3.86. The fraction of sp³-hybridized carbons (Fsp3) is 0.467.